The maximum Gasteiger partial charge on any atom is 0.132 e. The molecule has 0 saturated heterocycles. The average molecular weight is 268 g/mol. The van der Waals surface area contributed by atoms with Crippen LogP contribution in [-0.4, -0.2) is 0 Å². The van der Waals surface area contributed by atoms with Gasteiger partial charge in [-0.1, -0.05) is 29.3 Å². The van der Waals surface area contributed by atoms with Gasteiger partial charge in [-0.05, 0) is 36.4 Å². The second-order valence-electron chi connectivity index (χ2n) is 3.52. The second-order valence-corrected chi connectivity index (χ2v) is 4.39. The molecule has 0 bridgehead atoms. The first kappa shape index (κ1) is 12.2. The lowest BCUT2D eigenvalue weighted by Crippen LogP contribution is -1.99. The maximum absolute atomic E-state index is 5.89. The Morgan fingerprint density at radius 3 is 2.47 bits per heavy atom. The van der Waals surface area contributed by atoms with E-state index in [-0.39, 0.29) is 0 Å². The summed E-state index contributed by atoms with van der Waals surface area (Å²) in [5.41, 5.74) is 6.50. The first-order valence-electron chi connectivity index (χ1n) is 5.11. The van der Waals surface area contributed by atoms with E-state index in [1.165, 1.54) is 0 Å². The molecule has 0 aliphatic heterocycles. The summed E-state index contributed by atoms with van der Waals surface area (Å²) in [4.78, 5) is 0. The van der Waals surface area contributed by atoms with Crippen LogP contribution in [-0.2, 0) is 6.54 Å². The van der Waals surface area contributed by atoms with Crippen molar-refractivity contribution in [3.8, 4) is 11.5 Å². The van der Waals surface area contributed by atoms with Gasteiger partial charge < -0.3 is 10.5 Å². The maximum atomic E-state index is 5.89. The van der Waals surface area contributed by atoms with Crippen LogP contribution in [0.4, 0.5) is 0 Å². The summed E-state index contributed by atoms with van der Waals surface area (Å²) in [6.07, 6.45) is 0. The standard InChI is InChI=1S/C13H11Cl2NO/c14-10-2-1-3-12(7-10)17-13-5-4-11(15)6-9(13)8-16/h1-7H,8,16H2. The molecule has 0 aliphatic rings. The van der Waals surface area contributed by atoms with E-state index in [4.69, 9.17) is 33.7 Å². The van der Waals surface area contributed by atoms with Crippen LogP contribution >= 0.6 is 23.2 Å². The fourth-order valence-electron chi connectivity index (χ4n) is 1.46. The van der Waals surface area contributed by atoms with E-state index < -0.39 is 0 Å². The number of hydrogen-bond acceptors (Lipinski definition) is 2. The van der Waals surface area contributed by atoms with E-state index in [0.717, 1.165) is 5.56 Å². The van der Waals surface area contributed by atoms with Gasteiger partial charge in [-0.2, -0.15) is 0 Å². The minimum atomic E-state index is 0.371. The van der Waals surface area contributed by atoms with Crippen LogP contribution in [0, 0.1) is 0 Å². The minimum absolute atomic E-state index is 0.371. The summed E-state index contributed by atoms with van der Waals surface area (Å²) in [5.74, 6) is 1.37. The molecule has 2 rings (SSSR count). The monoisotopic (exact) mass is 267 g/mol. The first-order valence-corrected chi connectivity index (χ1v) is 5.86. The van der Waals surface area contributed by atoms with Gasteiger partial charge in [0.1, 0.15) is 11.5 Å². The summed E-state index contributed by atoms with van der Waals surface area (Å²) in [5, 5.41) is 1.27. The van der Waals surface area contributed by atoms with Gasteiger partial charge in [0.05, 0.1) is 0 Å². The van der Waals surface area contributed by atoms with Crippen LogP contribution < -0.4 is 10.5 Å². The number of rotatable bonds is 3. The molecule has 2 aromatic carbocycles. The Bertz CT molecular complexity index is 529. The number of hydrogen-bond donors (Lipinski definition) is 1. The molecule has 2 N–H and O–H groups in total. The number of nitrogens with two attached hydrogens (primary N) is 1. The predicted molar refractivity (Wildman–Crippen MR) is 70.9 cm³/mol. The molecule has 17 heavy (non-hydrogen) atoms. The Hall–Kier alpha value is -1.22. The van der Waals surface area contributed by atoms with Crippen molar-refractivity contribution in [2.75, 3.05) is 0 Å². The van der Waals surface area contributed by atoms with Crippen LogP contribution in [0.3, 0.4) is 0 Å². The van der Waals surface area contributed by atoms with E-state index in [0.29, 0.717) is 28.1 Å². The normalized spacial score (nSPS) is 10.3. The Labute approximate surface area is 110 Å². The Balaban J connectivity index is 2.29. The zero-order valence-electron chi connectivity index (χ0n) is 8.99. The van der Waals surface area contributed by atoms with Gasteiger partial charge in [0, 0.05) is 22.2 Å². The largest absolute Gasteiger partial charge is 0.457 e. The summed E-state index contributed by atoms with van der Waals surface area (Å²) in [6.45, 7) is 0.371. The third-order valence-corrected chi connectivity index (χ3v) is 2.74. The Kier molecular flexibility index (Phi) is 3.89. The topological polar surface area (TPSA) is 35.2 Å². The van der Waals surface area contributed by atoms with E-state index in [2.05, 4.69) is 0 Å². The van der Waals surface area contributed by atoms with Gasteiger partial charge in [0.25, 0.3) is 0 Å². The van der Waals surface area contributed by atoms with Crippen LogP contribution in [0.15, 0.2) is 42.5 Å². The summed E-state index contributed by atoms with van der Waals surface area (Å²) in [7, 11) is 0. The molecule has 0 radical (unpaired) electrons. The van der Waals surface area contributed by atoms with Crippen molar-refractivity contribution in [1.29, 1.82) is 0 Å². The van der Waals surface area contributed by atoms with E-state index >= 15 is 0 Å². The van der Waals surface area contributed by atoms with Crippen molar-refractivity contribution in [3.63, 3.8) is 0 Å². The third-order valence-electron chi connectivity index (χ3n) is 2.27. The smallest absolute Gasteiger partial charge is 0.132 e. The molecular formula is C13H11Cl2NO. The lowest BCUT2D eigenvalue weighted by atomic mass is 10.2. The SMILES string of the molecule is NCc1cc(Cl)ccc1Oc1cccc(Cl)c1. The van der Waals surface area contributed by atoms with E-state index in [9.17, 15) is 0 Å². The molecule has 0 heterocycles. The van der Waals surface area contributed by atoms with Crippen LogP contribution in [0.25, 0.3) is 0 Å². The fraction of sp³-hybridized carbons (Fsp3) is 0.0769. The van der Waals surface area contributed by atoms with Gasteiger partial charge in [0.15, 0.2) is 0 Å². The molecule has 0 fully saturated rings. The number of ether oxygens (including phenoxy) is 1. The molecule has 0 amide bonds. The summed E-state index contributed by atoms with van der Waals surface area (Å²) >= 11 is 11.8. The van der Waals surface area contributed by atoms with Crippen molar-refractivity contribution in [2.45, 2.75) is 6.54 Å². The predicted octanol–water partition coefficient (Wildman–Crippen LogP) is 4.24. The van der Waals surface area contributed by atoms with Crippen LogP contribution in [0.1, 0.15) is 5.56 Å². The molecule has 4 heteroatoms. The van der Waals surface area contributed by atoms with Crippen molar-refractivity contribution in [2.24, 2.45) is 5.73 Å². The summed E-state index contributed by atoms with van der Waals surface area (Å²) in [6, 6.07) is 12.6. The third kappa shape index (κ3) is 3.13. The zero-order chi connectivity index (χ0) is 12.3. The number of benzene rings is 2. The molecule has 0 aliphatic carbocycles. The average Bonchev–Trinajstić information content (AvgIpc) is 2.31. The van der Waals surface area contributed by atoms with Crippen LogP contribution in [0.5, 0.6) is 11.5 Å². The minimum Gasteiger partial charge on any atom is -0.457 e. The first-order chi connectivity index (χ1) is 8.19. The Morgan fingerprint density at radius 2 is 1.76 bits per heavy atom. The molecule has 0 unspecified atom stereocenters. The quantitative estimate of drug-likeness (QED) is 0.903. The Morgan fingerprint density at radius 1 is 1.00 bits per heavy atom. The highest BCUT2D eigenvalue weighted by molar-refractivity contribution is 6.31. The van der Waals surface area contributed by atoms with Gasteiger partial charge in [0.2, 0.25) is 0 Å². The highest BCUT2D eigenvalue weighted by atomic mass is 35.5. The molecule has 0 aromatic heterocycles. The molecule has 2 aromatic rings. The highest BCUT2D eigenvalue weighted by Gasteiger charge is 2.05. The summed E-state index contributed by atoms with van der Waals surface area (Å²) < 4.78 is 5.71. The lowest BCUT2D eigenvalue weighted by Gasteiger charge is -2.10. The van der Waals surface area contributed by atoms with Gasteiger partial charge in [-0.25, -0.2) is 0 Å². The molecule has 2 nitrogen and oxygen atoms in total. The number of halogens is 2. The molecule has 0 saturated carbocycles. The van der Waals surface area contributed by atoms with Gasteiger partial charge in [-0.3, -0.25) is 0 Å². The van der Waals surface area contributed by atoms with E-state index in [1.54, 1.807) is 30.3 Å². The van der Waals surface area contributed by atoms with E-state index in [1.807, 2.05) is 12.1 Å². The van der Waals surface area contributed by atoms with Crippen LogP contribution in [0.2, 0.25) is 10.0 Å². The molecule has 0 atom stereocenters. The fourth-order valence-corrected chi connectivity index (χ4v) is 1.84. The lowest BCUT2D eigenvalue weighted by molar-refractivity contribution is 0.476. The van der Waals surface area contributed by atoms with Gasteiger partial charge >= 0.3 is 0 Å². The molecule has 88 valence electrons. The molecule has 0 spiro atoms. The second kappa shape index (κ2) is 5.41. The highest BCUT2D eigenvalue weighted by Crippen LogP contribution is 2.28. The van der Waals surface area contributed by atoms with Crippen molar-refractivity contribution >= 4 is 23.2 Å². The van der Waals surface area contributed by atoms with Crippen molar-refractivity contribution in [3.05, 3.63) is 58.1 Å². The van der Waals surface area contributed by atoms with Crippen molar-refractivity contribution < 1.29 is 4.74 Å². The zero-order valence-corrected chi connectivity index (χ0v) is 10.5. The molecular weight excluding hydrogens is 257 g/mol. The van der Waals surface area contributed by atoms with Crippen molar-refractivity contribution in [1.82, 2.24) is 0 Å². The van der Waals surface area contributed by atoms with Gasteiger partial charge in [-0.15, -0.1) is 0 Å².